The Morgan fingerprint density at radius 1 is 1.15 bits per heavy atom. The average Bonchev–Trinajstić information content (AvgIpc) is 2.75. The topological polar surface area (TPSA) is 25.2 Å². The molecule has 0 fully saturated rings. The zero-order valence-electron chi connectivity index (χ0n) is 13.5. The van der Waals surface area contributed by atoms with Crippen LogP contribution >= 0.6 is 0 Å². The summed E-state index contributed by atoms with van der Waals surface area (Å²) in [5.74, 6) is 1.10. The van der Waals surface area contributed by atoms with Crippen LogP contribution in [0.1, 0.15) is 57.9 Å². The van der Waals surface area contributed by atoms with E-state index in [0.29, 0.717) is 0 Å². The molecule has 1 aromatic heterocycles. The molecule has 0 bridgehead atoms. The summed E-state index contributed by atoms with van der Waals surface area (Å²) < 4.78 is 6.23. The van der Waals surface area contributed by atoms with Crippen LogP contribution in [0, 0.1) is 0 Å². The molecule has 0 aliphatic heterocycles. The fraction of sp³-hybridized carbons (Fsp3) is 0.556. The van der Waals surface area contributed by atoms with Crippen molar-refractivity contribution in [1.82, 2.24) is 5.32 Å². The third kappa shape index (κ3) is 2.90. The number of para-hydroxylation sites is 1. The predicted molar refractivity (Wildman–Crippen MR) is 86.3 cm³/mol. The molecule has 2 aromatic rings. The molecule has 110 valence electrons. The number of aryl methyl sites for hydroxylation is 1. The second kappa shape index (κ2) is 6.01. The molecule has 2 rings (SSSR count). The summed E-state index contributed by atoms with van der Waals surface area (Å²) in [5, 5.41) is 4.74. The summed E-state index contributed by atoms with van der Waals surface area (Å²) in [6.45, 7) is 13.0. The lowest BCUT2D eigenvalue weighted by molar-refractivity contribution is 0.496. The van der Waals surface area contributed by atoms with Gasteiger partial charge in [0.1, 0.15) is 11.3 Å². The fourth-order valence-electron chi connectivity index (χ4n) is 2.72. The summed E-state index contributed by atoms with van der Waals surface area (Å²) in [7, 11) is 0. The average molecular weight is 273 g/mol. The maximum atomic E-state index is 6.23. The third-order valence-corrected chi connectivity index (χ3v) is 3.78. The first kappa shape index (κ1) is 15.1. The molecular formula is C18H27NO. The van der Waals surface area contributed by atoms with E-state index in [1.807, 2.05) is 0 Å². The molecular weight excluding hydrogens is 246 g/mol. The minimum absolute atomic E-state index is 0.108. The normalized spacial score (nSPS) is 12.2. The lowest BCUT2D eigenvalue weighted by atomic mass is 9.86. The summed E-state index contributed by atoms with van der Waals surface area (Å²) in [6.07, 6.45) is 2.17. The molecule has 0 spiro atoms. The van der Waals surface area contributed by atoms with Crippen LogP contribution in [0.5, 0.6) is 0 Å². The molecule has 0 aliphatic rings. The Balaban J connectivity index is 2.50. The molecule has 0 aliphatic carbocycles. The van der Waals surface area contributed by atoms with Gasteiger partial charge in [0.2, 0.25) is 0 Å². The van der Waals surface area contributed by atoms with Gasteiger partial charge in [-0.25, -0.2) is 0 Å². The molecule has 1 heterocycles. The van der Waals surface area contributed by atoms with E-state index < -0.39 is 0 Å². The number of hydrogen-bond acceptors (Lipinski definition) is 2. The molecule has 0 radical (unpaired) electrons. The molecule has 0 saturated carbocycles. The van der Waals surface area contributed by atoms with Crippen molar-refractivity contribution in [2.75, 3.05) is 6.54 Å². The van der Waals surface area contributed by atoms with E-state index in [1.165, 1.54) is 16.5 Å². The Labute approximate surface area is 122 Å². The summed E-state index contributed by atoms with van der Waals surface area (Å²) in [5.41, 5.74) is 3.84. The van der Waals surface area contributed by atoms with Gasteiger partial charge in [0.05, 0.1) is 6.54 Å². The minimum Gasteiger partial charge on any atom is -0.459 e. The Kier molecular flexibility index (Phi) is 4.54. The zero-order chi connectivity index (χ0) is 14.8. The number of furan rings is 1. The molecule has 0 atom stereocenters. The minimum atomic E-state index is 0.108. The lowest BCUT2D eigenvalue weighted by Crippen LogP contribution is -2.14. The van der Waals surface area contributed by atoms with Crippen LogP contribution in [0.4, 0.5) is 0 Å². The van der Waals surface area contributed by atoms with Gasteiger partial charge in [0.25, 0.3) is 0 Å². The van der Waals surface area contributed by atoms with Crippen molar-refractivity contribution < 1.29 is 4.42 Å². The maximum absolute atomic E-state index is 6.23. The van der Waals surface area contributed by atoms with Gasteiger partial charge in [0, 0.05) is 16.5 Å². The van der Waals surface area contributed by atoms with E-state index >= 15 is 0 Å². The number of nitrogens with one attached hydrogen (secondary N) is 1. The van der Waals surface area contributed by atoms with Gasteiger partial charge < -0.3 is 9.73 Å². The van der Waals surface area contributed by atoms with Crippen LogP contribution in [0.3, 0.4) is 0 Å². The largest absolute Gasteiger partial charge is 0.459 e. The number of benzene rings is 1. The second-order valence-corrected chi connectivity index (χ2v) is 6.47. The highest BCUT2D eigenvalue weighted by atomic mass is 16.3. The maximum Gasteiger partial charge on any atom is 0.138 e. The van der Waals surface area contributed by atoms with Crippen LogP contribution in [-0.2, 0) is 18.4 Å². The van der Waals surface area contributed by atoms with Gasteiger partial charge in [0.15, 0.2) is 0 Å². The van der Waals surface area contributed by atoms with Gasteiger partial charge in [-0.3, -0.25) is 0 Å². The van der Waals surface area contributed by atoms with Crippen LogP contribution in [-0.4, -0.2) is 6.54 Å². The van der Waals surface area contributed by atoms with E-state index in [0.717, 1.165) is 37.3 Å². The van der Waals surface area contributed by atoms with Crippen molar-refractivity contribution in [3.05, 3.63) is 35.1 Å². The smallest absolute Gasteiger partial charge is 0.138 e. The monoisotopic (exact) mass is 273 g/mol. The number of hydrogen-bond donors (Lipinski definition) is 1. The van der Waals surface area contributed by atoms with Gasteiger partial charge in [-0.15, -0.1) is 0 Å². The Morgan fingerprint density at radius 3 is 2.50 bits per heavy atom. The van der Waals surface area contributed by atoms with Crippen molar-refractivity contribution in [1.29, 1.82) is 0 Å². The van der Waals surface area contributed by atoms with Crippen molar-refractivity contribution in [3.63, 3.8) is 0 Å². The van der Waals surface area contributed by atoms with E-state index in [4.69, 9.17) is 4.42 Å². The van der Waals surface area contributed by atoms with Crippen LogP contribution < -0.4 is 5.32 Å². The summed E-state index contributed by atoms with van der Waals surface area (Å²) in [4.78, 5) is 0. The predicted octanol–water partition coefficient (Wildman–Crippen LogP) is 4.79. The first-order valence-electron chi connectivity index (χ1n) is 7.73. The van der Waals surface area contributed by atoms with Gasteiger partial charge in [-0.05, 0) is 24.8 Å². The van der Waals surface area contributed by atoms with Gasteiger partial charge in [-0.2, -0.15) is 0 Å². The van der Waals surface area contributed by atoms with E-state index in [-0.39, 0.29) is 5.41 Å². The molecule has 2 heteroatoms. The summed E-state index contributed by atoms with van der Waals surface area (Å²) >= 11 is 0. The molecule has 20 heavy (non-hydrogen) atoms. The number of rotatable bonds is 5. The van der Waals surface area contributed by atoms with Crippen LogP contribution in [0.15, 0.2) is 22.6 Å². The van der Waals surface area contributed by atoms with Crippen LogP contribution in [0.25, 0.3) is 11.0 Å². The van der Waals surface area contributed by atoms with Gasteiger partial charge in [-0.1, -0.05) is 52.8 Å². The highest BCUT2D eigenvalue weighted by Crippen LogP contribution is 2.34. The SMILES string of the molecule is CCCNCc1oc2c(C(C)(C)C)cccc2c1CC. The molecule has 2 nitrogen and oxygen atoms in total. The highest BCUT2D eigenvalue weighted by molar-refractivity contribution is 5.85. The highest BCUT2D eigenvalue weighted by Gasteiger charge is 2.21. The number of fused-ring (bicyclic) bond motifs is 1. The van der Waals surface area contributed by atoms with E-state index in [1.54, 1.807) is 0 Å². The first-order valence-corrected chi connectivity index (χ1v) is 7.73. The van der Waals surface area contributed by atoms with Crippen molar-refractivity contribution in [2.24, 2.45) is 0 Å². The molecule has 0 unspecified atom stereocenters. The Hall–Kier alpha value is -1.28. The standard InChI is InChI=1S/C18H27NO/c1-6-11-19-12-16-13(7-2)14-9-8-10-15(17(14)20-16)18(3,4)5/h8-10,19H,6-7,11-12H2,1-5H3. The second-order valence-electron chi connectivity index (χ2n) is 6.47. The lowest BCUT2D eigenvalue weighted by Gasteiger charge is -2.18. The van der Waals surface area contributed by atoms with Crippen LogP contribution in [0.2, 0.25) is 0 Å². The molecule has 1 N–H and O–H groups in total. The van der Waals surface area contributed by atoms with Crippen molar-refractivity contribution in [2.45, 2.75) is 59.4 Å². The van der Waals surface area contributed by atoms with E-state index in [9.17, 15) is 0 Å². The molecule has 0 saturated heterocycles. The Morgan fingerprint density at radius 2 is 1.90 bits per heavy atom. The van der Waals surface area contributed by atoms with Crippen molar-refractivity contribution in [3.8, 4) is 0 Å². The van der Waals surface area contributed by atoms with Crippen molar-refractivity contribution >= 4 is 11.0 Å². The fourth-order valence-corrected chi connectivity index (χ4v) is 2.72. The Bertz CT molecular complexity index is 575. The van der Waals surface area contributed by atoms with Gasteiger partial charge >= 0.3 is 0 Å². The quantitative estimate of drug-likeness (QED) is 0.792. The van der Waals surface area contributed by atoms with E-state index in [2.05, 4.69) is 58.1 Å². The molecule has 0 amide bonds. The first-order chi connectivity index (χ1) is 9.49. The summed E-state index contributed by atoms with van der Waals surface area (Å²) in [6, 6.07) is 6.53. The third-order valence-electron chi connectivity index (χ3n) is 3.78. The zero-order valence-corrected chi connectivity index (χ0v) is 13.5. The molecule has 1 aromatic carbocycles.